The van der Waals surface area contributed by atoms with E-state index < -0.39 is 6.16 Å². The van der Waals surface area contributed by atoms with Gasteiger partial charge in [-0.1, -0.05) is 24.3 Å². The summed E-state index contributed by atoms with van der Waals surface area (Å²) in [7, 11) is 1.62. The summed E-state index contributed by atoms with van der Waals surface area (Å²) in [4.78, 5) is 36.0. The first-order valence-electron chi connectivity index (χ1n) is 11.2. The van der Waals surface area contributed by atoms with Gasteiger partial charge in [-0.25, -0.2) is 4.79 Å². The lowest BCUT2D eigenvalue weighted by molar-refractivity contribution is -0.121. The Balaban J connectivity index is 1.43. The highest BCUT2D eigenvalue weighted by atomic mass is 16.7. The highest BCUT2D eigenvalue weighted by Gasteiger charge is 2.09. The standard InChI is InChI=1S/C27H28N2O6/c1-3-34-27(32)35-24-15-9-21(10-16-24)26(31)29-22-11-4-20(5-12-22)18-28-25(30)17-8-19-6-13-23(33-2)14-7-19/h4-7,9-16H,3,8,17-18H2,1-2H3,(H,28,30)(H,29,31). The van der Waals surface area contributed by atoms with E-state index in [1.54, 1.807) is 38.3 Å². The molecule has 0 aliphatic carbocycles. The van der Waals surface area contributed by atoms with Crippen molar-refractivity contribution in [3.8, 4) is 11.5 Å². The molecular formula is C27H28N2O6. The average Bonchev–Trinajstić information content (AvgIpc) is 2.88. The molecule has 0 spiro atoms. The van der Waals surface area contributed by atoms with Gasteiger partial charge in [0.2, 0.25) is 5.91 Å². The van der Waals surface area contributed by atoms with E-state index >= 15 is 0 Å². The van der Waals surface area contributed by atoms with Crippen LogP contribution in [-0.2, 0) is 22.5 Å². The summed E-state index contributed by atoms with van der Waals surface area (Å²) < 4.78 is 14.8. The molecule has 8 heteroatoms. The largest absolute Gasteiger partial charge is 0.513 e. The van der Waals surface area contributed by atoms with Crippen LogP contribution >= 0.6 is 0 Å². The molecule has 2 N–H and O–H groups in total. The van der Waals surface area contributed by atoms with Crippen LogP contribution in [0, 0.1) is 0 Å². The third-order valence-corrected chi connectivity index (χ3v) is 5.08. The van der Waals surface area contributed by atoms with E-state index in [2.05, 4.69) is 10.6 Å². The lowest BCUT2D eigenvalue weighted by Gasteiger charge is -2.09. The monoisotopic (exact) mass is 476 g/mol. The van der Waals surface area contributed by atoms with Crippen molar-refractivity contribution in [3.05, 3.63) is 89.5 Å². The van der Waals surface area contributed by atoms with Crippen LogP contribution in [0.5, 0.6) is 11.5 Å². The second kappa shape index (κ2) is 12.8. The summed E-state index contributed by atoms with van der Waals surface area (Å²) in [5.74, 6) is 0.743. The van der Waals surface area contributed by atoms with Gasteiger partial charge < -0.3 is 24.8 Å². The Morgan fingerprint density at radius 1 is 0.800 bits per heavy atom. The van der Waals surface area contributed by atoms with Crippen molar-refractivity contribution in [2.24, 2.45) is 0 Å². The molecule has 0 heterocycles. The second-order valence-corrected chi connectivity index (χ2v) is 7.59. The maximum atomic E-state index is 12.5. The van der Waals surface area contributed by atoms with Crippen LogP contribution < -0.4 is 20.1 Å². The van der Waals surface area contributed by atoms with Crippen molar-refractivity contribution in [1.82, 2.24) is 5.32 Å². The van der Waals surface area contributed by atoms with Crippen molar-refractivity contribution in [2.75, 3.05) is 19.0 Å². The van der Waals surface area contributed by atoms with Gasteiger partial charge in [-0.05, 0) is 73.0 Å². The molecule has 0 atom stereocenters. The normalized spacial score (nSPS) is 10.2. The van der Waals surface area contributed by atoms with E-state index in [-0.39, 0.29) is 24.2 Å². The molecule has 0 radical (unpaired) electrons. The van der Waals surface area contributed by atoms with Gasteiger partial charge in [0.25, 0.3) is 5.91 Å². The molecule has 3 aromatic carbocycles. The Bertz CT molecular complexity index is 1130. The number of anilines is 1. The van der Waals surface area contributed by atoms with E-state index in [4.69, 9.17) is 14.2 Å². The van der Waals surface area contributed by atoms with Crippen LogP contribution in [0.4, 0.5) is 10.5 Å². The lowest BCUT2D eigenvalue weighted by atomic mass is 10.1. The lowest BCUT2D eigenvalue weighted by Crippen LogP contribution is -2.23. The molecule has 0 aliphatic rings. The van der Waals surface area contributed by atoms with Crippen LogP contribution in [0.3, 0.4) is 0 Å². The molecule has 0 aromatic heterocycles. The molecule has 0 bridgehead atoms. The third kappa shape index (κ3) is 8.19. The Morgan fingerprint density at radius 2 is 1.43 bits per heavy atom. The van der Waals surface area contributed by atoms with Gasteiger partial charge in [0, 0.05) is 24.2 Å². The number of carbonyl (C=O) groups excluding carboxylic acids is 3. The summed E-state index contributed by atoms with van der Waals surface area (Å²) >= 11 is 0. The number of ether oxygens (including phenoxy) is 3. The van der Waals surface area contributed by atoms with Crippen molar-refractivity contribution in [1.29, 1.82) is 0 Å². The summed E-state index contributed by atoms with van der Waals surface area (Å²) in [6.07, 6.45) is 0.249. The third-order valence-electron chi connectivity index (χ3n) is 5.08. The van der Waals surface area contributed by atoms with Crippen LogP contribution in [0.25, 0.3) is 0 Å². The molecule has 182 valence electrons. The first-order chi connectivity index (χ1) is 17.0. The topological polar surface area (TPSA) is 103 Å². The number of hydrogen-bond acceptors (Lipinski definition) is 6. The summed E-state index contributed by atoms with van der Waals surface area (Å²) in [5.41, 5.74) is 3.02. The highest BCUT2D eigenvalue weighted by Crippen LogP contribution is 2.16. The van der Waals surface area contributed by atoms with Gasteiger partial charge >= 0.3 is 6.16 Å². The molecule has 8 nitrogen and oxygen atoms in total. The number of hydrogen-bond donors (Lipinski definition) is 2. The minimum atomic E-state index is -0.793. The van der Waals surface area contributed by atoms with Gasteiger partial charge in [-0.2, -0.15) is 0 Å². The molecule has 0 fully saturated rings. The summed E-state index contributed by atoms with van der Waals surface area (Å²) in [6, 6.07) is 21.0. The Labute approximate surface area is 204 Å². The number of nitrogens with one attached hydrogen (secondary N) is 2. The van der Waals surface area contributed by atoms with E-state index in [9.17, 15) is 14.4 Å². The molecule has 3 rings (SSSR count). The van der Waals surface area contributed by atoms with E-state index in [0.29, 0.717) is 30.6 Å². The van der Waals surface area contributed by atoms with Gasteiger partial charge in [0.15, 0.2) is 0 Å². The predicted molar refractivity (Wildman–Crippen MR) is 132 cm³/mol. The predicted octanol–water partition coefficient (Wildman–Crippen LogP) is 4.73. The number of amides is 2. The molecule has 2 amide bonds. The molecule has 0 aliphatic heterocycles. The molecule has 3 aromatic rings. The highest BCUT2D eigenvalue weighted by molar-refractivity contribution is 6.04. The van der Waals surface area contributed by atoms with Crippen molar-refractivity contribution < 1.29 is 28.6 Å². The van der Waals surface area contributed by atoms with E-state index in [0.717, 1.165) is 16.9 Å². The molecule has 0 saturated carbocycles. The van der Waals surface area contributed by atoms with Crippen molar-refractivity contribution >= 4 is 23.7 Å². The van der Waals surface area contributed by atoms with Gasteiger partial charge in [-0.15, -0.1) is 0 Å². The summed E-state index contributed by atoms with van der Waals surface area (Å²) in [5, 5.41) is 5.72. The zero-order valence-corrected chi connectivity index (χ0v) is 19.7. The van der Waals surface area contributed by atoms with E-state index in [1.165, 1.54) is 12.1 Å². The first-order valence-corrected chi connectivity index (χ1v) is 11.2. The average molecular weight is 477 g/mol. The quantitative estimate of drug-likeness (QED) is 0.324. The van der Waals surface area contributed by atoms with Gasteiger partial charge in [0.05, 0.1) is 13.7 Å². The van der Waals surface area contributed by atoms with Crippen LogP contribution in [-0.4, -0.2) is 31.7 Å². The second-order valence-electron chi connectivity index (χ2n) is 7.59. The van der Waals surface area contributed by atoms with Gasteiger partial charge in [0.1, 0.15) is 11.5 Å². The smallest absolute Gasteiger partial charge is 0.497 e. The van der Waals surface area contributed by atoms with Crippen LogP contribution in [0.15, 0.2) is 72.8 Å². The number of benzene rings is 3. The fourth-order valence-corrected chi connectivity index (χ4v) is 3.17. The first kappa shape index (κ1) is 25.3. The molecule has 35 heavy (non-hydrogen) atoms. The fourth-order valence-electron chi connectivity index (χ4n) is 3.17. The van der Waals surface area contributed by atoms with Crippen LogP contribution in [0.2, 0.25) is 0 Å². The van der Waals surface area contributed by atoms with Crippen LogP contribution in [0.1, 0.15) is 34.8 Å². The zero-order valence-electron chi connectivity index (χ0n) is 19.7. The van der Waals surface area contributed by atoms with Gasteiger partial charge in [-0.3, -0.25) is 9.59 Å². The minimum Gasteiger partial charge on any atom is -0.497 e. The van der Waals surface area contributed by atoms with Crippen molar-refractivity contribution in [3.63, 3.8) is 0 Å². The Kier molecular flexibility index (Phi) is 9.24. The number of methoxy groups -OCH3 is 1. The maximum absolute atomic E-state index is 12.5. The van der Waals surface area contributed by atoms with E-state index in [1.807, 2.05) is 36.4 Å². The molecule has 0 unspecified atom stereocenters. The zero-order chi connectivity index (χ0) is 25.0. The molecular weight excluding hydrogens is 448 g/mol. The maximum Gasteiger partial charge on any atom is 0.513 e. The minimum absolute atomic E-state index is 0.0337. The number of carbonyl (C=O) groups is 3. The Morgan fingerprint density at radius 3 is 2.06 bits per heavy atom. The molecule has 0 saturated heterocycles. The SMILES string of the molecule is CCOC(=O)Oc1ccc(C(=O)Nc2ccc(CNC(=O)CCc3ccc(OC)cc3)cc2)cc1. The number of rotatable bonds is 10. The fraction of sp³-hybridized carbons (Fsp3) is 0.222. The number of aryl methyl sites for hydroxylation is 1. The Hall–Kier alpha value is -4.33. The summed E-state index contributed by atoms with van der Waals surface area (Å²) in [6.45, 7) is 2.30. The van der Waals surface area contributed by atoms with Crippen molar-refractivity contribution in [2.45, 2.75) is 26.3 Å².